The average Bonchev–Trinajstić information content (AvgIpc) is 2.72. The normalized spacial score (nSPS) is 21.8. The second-order valence-electron chi connectivity index (χ2n) is 6.41. The molecule has 7 nitrogen and oxygen atoms in total. The lowest BCUT2D eigenvalue weighted by Gasteiger charge is -2.48. The van der Waals surface area contributed by atoms with Crippen LogP contribution in [0.3, 0.4) is 0 Å². The van der Waals surface area contributed by atoms with E-state index in [0.29, 0.717) is 11.3 Å². The first-order valence-electron chi connectivity index (χ1n) is 8.82. The smallest absolute Gasteiger partial charge is 0.355 e. The molecule has 2 aliphatic heterocycles. The van der Waals surface area contributed by atoms with Gasteiger partial charge in [0, 0.05) is 31.8 Å². The van der Waals surface area contributed by atoms with Gasteiger partial charge in [-0.15, -0.1) is 11.8 Å². The molecule has 30 heavy (non-hydrogen) atoms. The molecule has 0 aliphatic carbocycles. The quantitative estimate of drug-likeness (QED) is 0.191. The van der Waals surface area contributed by atoms with Crippen molar-refractivity contribution < 1.29 is 23.8 Å². The van der Waals surface area contributed by atoms with E-state index in [-0.39, 0.29) is 17.0 Å². The van der Waals surface area contributed by atoms with Gasteiger partial charge in [0.25, 0.3) is 5.91 Å². The molecule has 0 spiro atoms. The Balaban J connectivity index is 1.85. The van der Waals surface area contributed by atoms with E-state index in [4.69, 9.17) is 49.0 Å². The van der Waals surface area contributed by atoms with E-state index >= 15 is 0 Å². The third-order valence-electron chi connectivity index (χ3n) is 4.43. The first kappa shape index (κ1) is 23.4. The van der Waals surface area contributed by atoms with Gasteiger partial charge in [0.15, 0.2) is 12.3 Å². The number of benzene rings is 1. The van der Waals surface area contributed by atoms with E-state index in [1.165, 1.54) is 30.9 Å². The molecule has 0 unspecified atom stereocenters. The monoisotopic (exact) mass is 492 g/mol. The number of β-lactam (4-membered cyclic amide) rings is 1. The van der Waals surface area contributed by atoms with Crippen molar-refractivity contribution in [1.29, 1.82) is 0 Å². The molecule has 1 aromatic rings. The summed E-state index contributed by atoms with van der Waals surface area (Å²) in [4.78, 5) is 31.4. The Bertz CT molecular complexity index is 855. The highest BCUT2D eigenvalue weighted by Crippen LogP contribution is 2.43. The zero-order valence-corrected chi connectivity index (χ0v) is 19.2. The van der Waals surface area contributed by atoms with E-state index in [2.05, 4.69) is 4.99 Å². The fraction of sp³-hybridized carbons (Fsp3) is 0.421. The minimum Gasteiger partial charge on any atom is -0.456 e. The molecule has 1 saturated heterocycles. The zero-order chi connectivity index (χ0) is 21.9. The van der Waals surface area contributed by atoms with Crippen LogP contribution < -0.4 is 0 Å². The van der Waals surface area contributed by atoms with Crippen LogP contribution in [0.4, 0.5) is 0 Å². The van der Waals surface area contributed by atoms with Crippen LogP contribution in [0.25, 0.3) is 0 Å². The predicted molar refractivity (Wildman–Crippen MR) is 117 cm³/mol. The molecule has 11 heteroatoms. The van der Waals surface area contributed by atoms with Gasteiger partial charge >= 0.3 is 5.97 Å². The van der Waals surface area contributed by atoms with Gasteiger partial charge < -0.3 is 14.2 Å². The Morgan fingerprint density at radius 2 is 1.97 bits per heavy atom. The number of carbonyl (C=O) groups excluding carboxylic acids is 2. The number of fused-ring (bicyclic) bond motifs is 1. The van der Waals surface area contributed by atoms with Crippen LogP contribution in [0.5, 0.6) is 0 Å². The van der Waals surface area contributed by atoms with Crippen LogP contribution in [-0.2, 0) is 23.8 Å². The van der Waals surface area contributed by atoms with Gasteiger partial charge in [0.1, 0.15) is 17.7 Å². The third-order valence-corrected chi connectivity index (χ3v) is 6.04. The summed E-state index contributed by atoms with van der Waals surface area (Å²) < 4.78 is 13.9. The first-order chi connectivity index (χ1) is 14.3. The van der Waals surface area contributed by atoms with Crippen LogP contribution in [0, 0.1) is 0 Å². The van der Waals surface area contributed by atoms with Gasteiger partial charge in [-0.1, -0.05) is 65.1 Å². The van der Waals surface area contributed by atoms with E-state index in [1.54, 1.807) is 6.21 Å². The number of rotatable bonds is 7. The largest absolute Gasteiger partial charge is 0.456 e. The van der Waals surface area contributed by atoms with Crippen LogP contribution >= 0.6 is 46.6 Å². The predicted octanol–water partition coefficient (Wildman–Crippen LogP) is 3.18. The number of esters is 1. The van der Waals surface area contributed by atoms with Gasteiger partial charge in [-0.2, -0.15) is 0 Å². The van der Waals surface area contributed by atoms with Crippen LogP contribution in [0.15, 0.2) is 46.6 Å². The lowest BCUT2D eigenvalue weighted by atomic mass is 10.0. The van der Waals surface area contributed by atoms with Gasteiger partial charge in [-0.3, -0.25) is 14.7 Å². The Morgan fingerprint density at radius 1 is 1.30 bits per heavy atom. The Labute approximate surface area is 193 Å². The molecule has 162 valence electrons. The molecule has 1 fully saturated rings. The van der Waals surface area contributed by atoms with Crippen molar-refractivity contribution in [3.8, 4) is 0 Å². The number of ether oxygens (including phenoxy) is 3. The Morgan fingerprint density at radius 3 is 2.57 bits per heavy atom. The van der Waals surface area contributed by atoms with E-state index in [0.717, 1.165) is 5.56 Å². The zero-order valence-electron chi connectivity index (χ0n) is 16.1. The average molecular weight is 494 g/mol. The number of alkyl halides is 3. The molecule has 2 atom stereocenters. The van der Waals surface area contributed by atoms with Crippen molar-refractivity contribution in [3.63, 3.8) is 0 Å². The fourth-order valence-corrected chi connectivity index (χ4v) is 4.61. The number of carbonyl (C=O) groups is 2. The Hall–Kier alpha value is -1.29. The van der Waals surface area contributed by atoms with Crippen molar-refractivity contribution in [2.75, 3.05) is 26.6 Å². The summed E-state index contributed by atoms with van der Waals surface area (Å²) in [6, 6.07) is 8.82. The molecule has 2 heterocycles. The maximum atomic E-state index is 12.9. The number of amides is 1. The number of aliphatic imine (C=N–C) groups is 1. The van der Waals surface area contributed by atoms with E-state index in [9.17, 15) is 9.59 Å². The molecule has 0 aromatic heterocycles. The molecule has 0 saturated carbocycles. The molecule has 3 rings (SSSR count). The van der Waals surface area contributed by atoms with Crippen molar-refractivity contribution in [2.45, 2.75) is 21.5 Å². The molecule has 2 aliphatic rings. The SMILES string of the molecule is COC(OC)C1=C(C(=O)OCC(Cl)(Cl)Cl)N2C(=O)[C@H](N=Cc3ccccc3)[C@@H]2SC1. The lowest BCUT2D eigenvalue weighted by Crippen LogP contribution is -2.64. The van der Waals surface area contributed by atoms with Crippen molar-refractivity contribution in [2.24, 2.45) is 4.99 Å². The van der Waals surface area contributed by atoms with E-state index < -0.39 is 28.7 Å². The van der Waals surface area contributed by atoms with Gasteiger partial charge in [-0.05, 0) is 5.56 Å². The second-order valence-corrected chi connectivity index (χ2v) is 10.0. The highest BCUT2D eigenvalue weighted by Gasteiger charge is 2.54. The maximum Gasteiger partial charge on any atom is 0.355 e. The summed E-state index contributed by atoms with van der Waals surface area (Å²) in [6.45, 7) is -0.465. The highest BCUT2D eigenvalue weighted by atomic mass is 35.6. The first-order valence-corrected chi connectivity index (χ1v) is 11.0. The Kier molecular flexibility index (Phi) is 7.71. The van der Waals surface area contributed by atoms with Gasteiger partial charge in [-0.25, -0.2) is 4.79 Å². The van der Waals surface area contributed by atoms with Crippen molar-refractivity contribution in [3.05, 3.63) is 47.2 Å². The lowest BCUT2D eigenvalue weighted by molar-refractivity contribution is -0.151. The van der Waals surface area contributed by atoms with Gasteiger partial charge in [0.05, 0.1) is 0 Å². The van der Waals surface area contributed by atoms with E-state index in [1.807, 2.05) is 30.3 Å². The summed E-state index contributed by atoms with van der Waals surface area (Å²) in [7, 11) is 2.88. The number of nitrogens with zero attached hydrogens (tertiary/aromatic N) is 2. The molecular formula is C19H19Cl3N2O5S. The molecule has 0 radical (unpaired) electrons. The van der Waals surface area contributed by atoms with Crippen LogP contribution in [0.1, 0.15) is 5.56 Å². The summed E-state index contributed by atoms with van der Waals surface area (Å²) in [6.07, 6.45) is 0.821. The summed E-state index contributed by atoms with van der Waals surface area (Å²) >= 11 is 18.5. The van der Waals surface area contributed by atoms with Crippen molar-refractivity contribution in [1.82, 2.24) is 4.90 Å². The standard InChI is InChI=1S/C19H19Cl3N2O5S/c1-27-18(28-2)12-9-30-16-13(23-8-11-6-4-3-5-7-11)15(25)24(16)14(12)17(26)29-10-19(20,21)22/h3-8,13,16,18H,9-10H2,1-2H3/t13-,16-/m0/s1. The minimum absolute atomic E-state index is 0.0397. The van der Waals surface area contributed by atoms with Gasteiger partial charge in [0.2, 0.25) is 3.79 Å². The number of methoxy groups -OCH3 is 2. The molecule has 0 bridgehead atoms. The maximum absolute atomic E-state index is 12.9. The molecule has 1 amide bonds. The minimum atomic E-state index is -1.78. The molecule has 0 N–H and O–H groups in total. The number of hydrogen-bond donors (Lipinski definition) is 0. The summed E-state index contributed by atoms with van der Waals surface area (Å²) in [5.74, 6) is -0.737. The topological polar surface area (TPSA) is 77.4 Å². The summed E-state index contributed by atoms with van der Waals surface area (Å²) in [5.41, 5.74) is 1.38. The van der Waals surface area contributed by atoms with Crippen LogP contribution in [-0.4, -0.2) is 71.1 Å². The third kappa shape index (κ3) is 5.12. The fourth-order valence-electron chi connectivity index (χ4n) is 3.10. The van der Waals surface area contributed by atoms with Crippen molar-refractivity contribution >= 4 is 64.7 Å². The molecule has 1 aromatic carbocycles. The van der Waals surface area contributed by atoms with Crippen LogP contribution in [0.2, 0.25) is 0 Å². The highest BCUT2D eigenvalue weighted by molar-refractivity contribution is 8.00. The number of hydrogen-bond acceptors (Lipinski definition) is 7. The number of thioether (sulfide) groups is 1. The number of halogens is 3. The molecular weight excluding hydrogens is 475 g/mol. The second kappa shape index (κ2) is 9.89. The summed E-state index contributed by atoms with van der Waals surface area (Å²) in [5, 5.41) is -0.356.